The quantitative estimate of drug-likeness (QED) is 0.746. The Balaban J connectivity index is 1.84. The topological polar surface area (TPSA) is 65.4 Å². The van der Waals surface area contributed by atoms with Crippen molar-refractivity contribution in [2.75, 3.05) is 0 Å². The van der Waals surface area contributed by atoms with Gasteiger partial charge in [-0.1, -0.05) is 48.2 Å². The Bertz CT molecular complexity index is 760. The number of hydrogen-bond donors (Lipinski definition) is 1. The highest BCUT2D eigenvalue weighted by atomic mass is 32.2. The summed E-state index contributed by atoms with van der Waals surface area (Å²) in [7, 11) is 0. The van der Waals surface area contributed by atoms with Gasteiger partial charge in [-0.2, -0.15) is 10.4 Å². The molecule has 0 fully saturated rings. The number of pyridine rings is 1. The van der Waals surface area contributed by atoms with Crippen molar-refractivity contribution < 1.29 is 0 Å². The summed E-state index contributed by atoms with van der Waals surface area (Å²) < 4.78 is 0. The Morgan fingerprint density at radius 1 is 1.10 bits per heavy atom. The maximum absolute atomic E-state index is 9.40. The third-order valence-corrected chi connectivity index (χ3v) is 4.03. The number of aromatic nitrogens is 3. The van der Waals surface area contributed by atoms with Crippen molar-refractivity contribution in [2.45, 2.75) is 10.8 Å². The molecule has 2 aromatic heterocycles. The summed E-state index contributed by atoms with van der Waals surface area (Å²) in [5.74, 6) is 0.780. The first-order chi connectivity index (χ1) is 10.4. The molecule has 0 aliphatic carbocycles. The largest absolute Gasteiger partial charge is 0.274 e. The van der Waals surface area contributed by atoms with E-state index in [9.17, 15) is 5.26 Å². The number of thioether (sulfide) groups is 1. The molecule has 0 unspecified atom stereocenters. The van der Waals surface area contributed by atoms with Gasteiger partial charge in [0.25, 0.3) is 0 Å². The van der Waals surface area contributed by atoms with E-state index in [-0.39, 0.29) is 0 Å². The van der Waals surface area contributed by atoms with Crippen LogP contribution in [0.25, 0.3) is 11.4 Å². The van der Waals surface area contributed by atoms with Gasteiger partial charge in [-0.05, 0) is 17.7 Å². The summed E-state index contributed by atoms with van der Waals surface area (Å²) in [6.45, 7) is 0. The summed E-state index contributed by atoms with van der Waals surface area (Å²) in [4.78, 5) is 4.26. The molecule has 0 radical (unpaired) electrons. The molecule has 0 saturated carbocycles. The fourth-order valence-corrected chi connectivity index (χ4v) is 2.85. The summed E-state index contributed by atoms with van der Waals surface area (Å²) in [5, 5.41) is 17.3. The number of rotatable bonds is 4. The summed E-state index contributed by atoms with van der Waals surface area (Å²) in [5.41, 5.74) is 3.16. The Morgan fingerprint density at radius 2 is 1.90 bits per heavy atom. The number of hydrogen-bond acceptors (Lipinski definition) is 4. The number of aromatic amines is 1. The highest BCUT2D eigenvalue weighted by molar-refractivity contribution is 7.98. The van der Waals surface area contributed by atoms with E-state index in [1.807, 2.05) is 36.4 Å². The smallest absolute Gasteiger partial charge is 0.137 e. The molecule has 2 heterocycles. The predicted molar refractivity (Wildman–Crippen MR) is 82.5 cm³/mol. The molecule has 0 bridgehead atoms. The van der Waals surface area contributed by atoms with E-state index in [4.69, 9.17) is 0 Å². The molecule has 0 spiro atoms. The van der Waals surface area contributed by atoms with Gasteiger partial charge in [0, 0.05) is 11.9 Å². The highest BCUT2D eigenvalue weighted by Gasteiger charge is 2.15. The lowest BCUT2D eigenvalue weighted by atomic mass is 10.2. The number of nitrogens with one attached hydrogen (secondary N) is 1. The van der Waals surface area contributed by atoms with E-state index in [0.29, 0.717) is 16.3 Å². The number of nitrogens with zero attached hydrogens (tertiary/aromatic N) is 3. The first-order valence-corrected chi connectivity index (χ1v) is 7.43. The van der Waals surface area contributed by atoms with Gasteiger partial charge in [0.1, 0.15) is 22.4 Å². The van der Waals surface area contributed by atoms with Crippen LogP contribution in [0.5, 0.6) is 0 Å². The number of nitriles is 1. The zero-order chi connectivity index (χ0) is 14.5. The minimum Gasteiger partial charge on any atom is -0.274 e. The molecule has 21 heavy (non-hydrogen) atoms. The van der Waals surface area contributed by atoms with Crippen LogP contribution in [0.2, 0.25) is 0 Å². The number of benzene rings is 1. The second-order valence-corrected chi connectivity index (χ2v) is 5.34. The molecule has 0 saturated heterocycles. The monoisotopic (exact) mass is 292 g/mol. The average molecular weight is 292 g/mol. The van der Waals surface area contributed by atoms with E-state index in [1.54, 1.807) is 18.0 Å². The molecule has 0 amide bonds. The molecule has 5 heteroatoms. The van der Waals surface area contributed by atoms with Crippen LogP contribution in [0, 0.1) is 11.3 Å². The van der Waals surface area contributed by atoms with Crippen LogP contribution < -0.4 is 0 Å². The molecule has 1 N–H and O–H groups in total. The normalized spacial score (nSPS) is 10.2. The molecular formula is C16H12N4S. The molecule has 102 valence electrons. The van der Waals surface area contributed by atoms with Crippen LogP contribution in [0.3, 0.4) is 0 Å². The maximum Gasteiger partial charge on any atom is 0.137 e. The fourth-order valence-electron chi connectivity index (χ4n) is 1.96. The first kappa shape index (κ1) is 13.4. The van der Waals surface area contributed by atoms with Crippen molar-refractivity contribution in [3.8, 4) is 17.5 Å². The minimum atomic E-state index is 0.551. The molecule has 3 aromatic rings. The van der Waals surface area contributed by atoms with Crippen molar-refractivity contribution in [1.82, 2.24) is 15.2 Å². The van der Waals surface area contributed by atoms with E-state index < -0.39 is 0 Å². The standard InChI is InChI=1S/C16H12N4S/c17-10-13-15(14-8-4-5-9-18-14)19-20-16(13)21-11-12-6-2-1-3-7-12/h1-9H,11H2,(H,19,20). The van der Waals surface area contributed by atoms with Gasteiger partial charge in [0.2, 0.25) is 0 Å². The van der Waals surface area contributed by atoms with Gasteiger partial charge in [-0.25, -0.2) is 0 Å². The van der Waals surface area contributed by atoms with E-state index in [2.05, 4.69) is 33.4 Å². The SMILES string of the molecule is N#Cc1c(SCc2ccccc2)n[nH]c1-c1ccccn1. The van der Waals surface area contributed by atoms with Crippen LogP contribution in [0.4, 0.5) is 0 Å². The zero-order valence-corrected chi connectivity index (χ0v) is 12.0. The van der Waals surface area contributed by atoms with Gasteiger partial charge in [-0.15, -0.1) is 0 Å². The average Bonchev–Trinajstić information content (AvgIpc) is 2.97. The van der Waals surface area contributed by atoms with Crippen molar-refractivity contribution in [1.29, 1.82) is 5.26 Å². The van der Waals surface area contributed by atoms with Crippen LogP contribution in [0.15, 0.2) is 59.8 Å². The fraction of sp³-hybridized carbons (Fsp3) is 0.0625. The van der Waals surface area contributed by atoms with Gasteiger partial charge >= 0.3 is 0 Å². The van der Waals surface area contributed by atoms with Gasteiger partial charge in [-0.3, -0.25) is 10.1 Å². The molecule has 4 nitrogen and oxygen atoms in total. The Hall–Kier alpha value is -2.58. The Morgan fingerprint density at radius 3 is 2.62 bits per heavy atom. The van der Waals surface area contributed by atoms with Crippen LogP contribution in [-0.2, 0) is 5.75 Å². The predicted octanol–water partition coefficient (Wildman–Crippen LogP) is 3.64. The highest BCUT2D eigenvalue weighted by Crippen LogP contribution is 2.29. The van der Waals surface area contributed by atoms with Gasteiger partial charge < -0.3 is 0 Å². The van der Waals surface area contributed by atoms with Crippen LogP contribution >= 0.6 is 11.8 Å². The Kier molecular flexibility index (Phi) is 3.99. The lowest BCUT2D eigenvalue weighted by Crippen LogP contribution is -1.86. The minimum absolute atomic E-state index is 0.551. The molecule has 0 aliphatic heterocycles. The third-order valence-electron chi connectivity index (χ3n) is 2.98. The second-order valence-electron chi connectivity index (χ2n) is 4.38. The van der Waals surface area contributed by atoms with Crippen LogP contribution in [-0.4, -0.2) is 15.2 Å². The van der Waals surface area contributed by atoms with E-state index in [0.717, 1.165) is 11.4 Å². The molecule has 3 rings (SSSR count). The zero-order valence-electron chi connectivity index (χ0n) is 11.2. The molecule has 1 aromatic carbocycles. The van der Waals surface area contributed by atoms with Gasteiger partial charge in [0.05, 0.1) is 5.69 Å². The number of H-pyrrole nitrogens is 1. The lowest BCUT2D eigenvalue weighted by molar-refractivity contribution is 1.00. The van der Waals surface area contributed by atoms with Crippen molar-refractivity contribution in [3.05, 3.63) is 65.9 Å². The third kappa shape index (κ3) is 2.96. The van der Waals surface area contributed by atoms with Crippen molar-refractivity contribution in [3.63, 3.8) is 0 Å². The summed E-state index contributed by atoms with van der Waals surface area (Å²) >= 11 is 1.55. The van der Waals surface area contributed by atoms with E-state index >= 15 is 0 Å². The molecule has 0 aliphatic rings. The second kappa shape index (κ2) is 6.25. The molecule has 0 atom stereocenters. The summed E-state index contributed by atoms with van der Waals surface area (Å²) in [6, 6.07) is 17.9. The first-order valence-electron chi connectivity index (χ1n) is 6.45. The van der Waals surface area contributed by atoms with Crippen molar-refractivity contribution >= 4 is 11.8 Å². The van der Waals surface area contributed by atoms with Crippen molar-refractivity contribution in [2.24, 2.45) is 0 Å². The Labute approximate surface area is 126 Å². The maximum atomic E-state index is 9.40. The lowest BCUT2D eigenvalue weighted by Gasteiger charge is -1.99. The van der Waals surface area contributed by atoms with Crippen LogP contribution in [0.1, 0.15) is 11.1 Å². The molecular weight excluding hydrogens is 280 g/mol. The summed E-state index contributed by atoms with van der Waals surface area (Å²) in [6.07, 6.45) is 1.70. The van der Waals surface area contributed by atoms with E-state index in [1.165, 1.54) is 5.56 Å². The van der Waals surface area contributed by atoms with Gasteiger partial charge in [0.15, 0.2) is 0 Å².